The average molecular weight is 410 g/mol. The summed E-state index contributed by atoms with van der Waals surface area (Å²) in [5, 5.41) is 5.53. The number of esters is 1. The largest absolute Gasteiger partial charge is 0.449 e. The van der Waals surface area contributed by atoms with Crippen LogP contribution in [0.5, 0.6) is 0 Å². The molecule has 0 saturated heterocycles. The Labute approximate surface area is 173 Å². The van der Waals surface area contributed by atoms with Crippen molar-refractivity contribution in [1.29, 1.82) is 0 Å². The summed E-state index contributed by atoms with van der Waals surface area (Å²) in [6.07, 6.45) is 4.11. The monoisotopic (exact) mass is 409 g/mol. The number of anilines is 1. The zero-order valence-corrected chi connectivity index (χ0v) is 17.5. The minimum Gasteiger partial charge on any atom is -0.449 e. The number of nitrogens with zero attached hydrogens (tertiary/aromatic N) is 2. The minimum atomic E-state index is -0.904. The van der Waals surface area contributed by atoms with Crippen molar-refractivity contribution in [2.24, 2.45) is 0 Å². The minimum absolute atomic E-state index is 0.343. The summed E-state index contributed by atoms with van der Waals surface area (Å²) < 4.78 is 7.36. The lowest BCUT2D eigenvalue weighted by Gasteiger charge is -2.14. The number of benzene rings is 1. The van der Waals surface area contributed by atoms with Crippen molar-refractivity contribution in [3.63, 3.8) is 0 Å². The zero-order valence-electron chi connectivity index (χ0n) is 16.7. The van der Waals surface area contributed by atoms with E-state index in [-0.39, 0.29) is 5.91 Å². The van der Waals surface area contributed by atoms with Gasteiger partial charge in [-0.05, 0) is 69.4 Å². The van der Waals surface area contributed by atoms with Gasteiger partial charge in [0.1, 0.15) is 0 Å². The van der Waals surface area contributed by atoms with Crippen molar-refractivity contribution in [2.75, 3.05) is 5.32 Å². The molecule has 0 unspecified atom stereocenters. The molecule has 3 aromatic rings. The number of hydrogen-bond donors (Lipinski definition) is 1. The maximum absolute atomic E-state index is 12.7. The molecule has 4 rings (SSSR count). The molecule has 0 saturated carbocycles. The molecular formula is C22H23N3O3S. The van der Waals surface area contributed by atoms with Gasteiger partial charge in [-0.15, -0.1) is 11.3 Å². The van der Waals surface area contributed by atoms with Gasteiger partial charge < -0.3 is 10.1 Å². The highest BCUT2D eigenvalue weighted by atomic mass is 32.1. The molecule has 0 spiro atoms. The number of rotatable bonds is 5. The third-order valence-corrected chi connectivity index (χ3v) is 6.04. The Bertz CT molecular complexity index is 1070. The summed E-state index contributed by atoms with van der Waals surface area (Å²) >= 11 is 1.49. The van der Waals surface area contributed by atoms with E-state index in [0.717, 1.165) is 41.5 Å². The number of amides is 1. The molecule has 1 aliphatic carbocycles. The number of thiazole rings is 1. The number of hydrogen-bond acceptors (Lipinski definition) is 5. The first-order chi connectivity index (χ1) is 13.9. The van der Waals surface area contributed by atoms with Crippen molar-refractivity contribution in [3.8, 4) is 5.13 Å². The summed E-state index contributed by atoms with van der Waals surface area (Å²) in [5.41, 5.74) is 5.43. The van der Waals surface area contributed by atoms with Gasteiger partial charge in [0.15, 0.2) is 11.2 Å². The highest BCUT2D eigenvalue weighted by Gasteiger charge is 2.24. The lowest BCUT2D eigenvalue weighted by atomic mass is 10.1. The number of ether oxygens (including phenoxy) is 1. The normalized spacial score (nSPS) is 13.8. The Kier molecular flexibility index (Phi) is 5.24. The molecule has 1 aromatic carbocycles. The number of fused-ring (bicyclic) bond motifs is 1. The molecule has 2 aromatic heterocycles. The van der Waals surface area contributed by atoms with Crippen LogP contribution in [-0.4, -0.2) is 27.5 Å². The van der Waals surface area contributed by atoms with Crippen molar-refractivity contribution in [2.45, 2.75) is 46.1 Å². The molecule has 29 heavy (non-hydrogen) atoms. The molecule has 0 aliphatic heterocycles. The topological polar surface area (TPSA) is 73.2 Å². The maximum atomic E-state index is 12.7. The van der Waals surface area contributed by atoms with Crippen LogP contribution in [0, 0.1) is 13.8 Å². The molecule has 2 heterocycles. The maximum Gasteiger partial charge on any atom is 0.340 e. The quantitative estimate of drug-likeness (QED) is 0.640. The molecule has 150 valence electrons. The number of carbonyl (C=O) groups excluding carboxylic acids is 2. The molecule has 0 radical (unpaired) electrons. The number of aromatic nitrogens is 2. The Morgan fingerprint density at radius 2 is 2.00 bits per heavy atom. The second-order valence-electron chi connectivity index (χ2n) is 7.31. The fourth-order valence-corrected chi connectivity index (χ4v) is 4.51. The van der Waals surface area contributed by atoms with Gasteiger partial charge in [0.05, 0.1) is 5.56 Å². The number of carbonyl (C=O) groups is 2. The van der Waals surface area contributed by atoms with Gasteiger partial charge in [-0.25, -0.2) is 9.78 Å². The van der Waals surface area contributed by atoms with Crippen molar-refractivity contribution >= 4 is 28.9 Å². The average Bonchev–Trinajstić information content (AvgIpc) is 3.41. The highest BCUT2D eigenvalue weighted by Crippen LogP contribution is 2.26. The number of aryl methyl sites for hydroxylation is 3. The van der Waals surface area contributed by atoms with Crippen LogP contribution >= 0.6 is 11.3 Å². The highest BCUT2D eigenvalue weighted by molar-refractivity contribution is 7.12. The van der Waals surface area contributed by atoms with E-state index in [2.05, 4.69) is 16.4 Å². The molecule has 7 heteroatoms. The third-order valence-electron chi connectivity index (χ3n) is 5.28. The fraction of sp³-hybridized carbons (Fsp3) is 0.318. The standard InChI is InChI=1S/C22H23N3O3S/c1-13-11-19(14(2)25(13)22-23-9-10-29-22)21(27)28-15(3)20(26)24-18-8-7-16-5-4-6-17(16)12-18/h7-12,15H,4-6H2,1-3H3,(H,24,26)/t15-/m0/s1. The first-order valence-corrected chi connectivity index (χ1v) is 10.5. The lowest BCUT2D eigenvalue weighted by molar-refractivity contribution is -0.123. The van der Waals surface area contributed by atoms with E-state index >= 15 is 0 Å². The van der Waals surface area contributed by atoms with Gasteiger partial charge in [-0.2, -0.15) is 0 Å². The molecule has 1 N–H and O–H groups in total. The fourth-order valence-electron chi connectivity index (χ4n) is 3.76. The van der Waals surface area contributed by atoms with E-state index < -0.39 is 12.1 Å². The Morgan fingerprint density at radius 1 is 1.21 bits per heavy atom. The molecule has 6 nitrogen and oxygen atoms in total. The second kappa shape index (κ2) is 7.83. The van der Waals surface area contributed by atoms with Crippen molar-refractivity contribution in [3.05, 3.63) is 63.9 Å². The van der Waals surface area contributed by atoms with Crippen LogP contribution < -0.4 is 5.32 Å². The predicted molar refractivity (Wildman–Crippen MR) is 113 cm³/mol. The second-order valence-corrected chi connectivity index (χ2v) is 8.18. The van der Waals surface area contributed by atoms with Gasteiger partial charge in [-0.1, -0.05) is 6.07 Å². The Hall–Kier alpha value is -2.93. The van der Waals surface area contributed by atoms with Crippen LogP contribution in [0.3, 0.4) is 0 Å². The van der Waals surface area contributed by atoms with E-state index in [1.807, 2.05) is 35.9 Å². The van der Waals surface area contributed by atoms with Gasteiger partial charge >= 0.3 is 5.97 Å². The van der Waals surface area contributed by atoms with Crippen LogP contribution in [0.2, 0.25) is 0 Å². The SMILES string of the molecule is Cc1cc(C(=O)O[C@@H](C)C(=O)Nc2ccc3c(c2)CCC3)c(C)n1-c1nccs1. The van der Waals surface area contributed by atoms with Crippen LogP contribution in [0.1, 0.15) is 46.2 Å². The van der Waals surface area contributed by atoms with Crippen LogP contribution in [0.15, 0.2) is 35.8 Å². The van der Waals surface area contributed by atoms with Crippen molar-refractivity contribution < 1.29 is 14.3 Å². The summed E-state index contributed by atoms with van der Waals surface area (Å²) in [4.78, 5) is 29.5. The van der Waals surface area contributed by atoms with Gasteiger partial charge in [0.25, 0.3) is 5.91 Å². The Morgan fingerprint density at radius 3 is 2.76 bits per heavy atom. The van der Waals surface area contributed by atoms with E-state index in [1.165, 1.54) is 22.5 Å². The van der Waals surface area contributed by atoms with Crippen molar-refractivity contribution in [1.82, 2.24) is 9.55 Å². The molecular weight excluding hydrogens is 386 g/mol. The summed E-state index contributed by atoms with van der Waals surface area (Å²) in [6.45, 7) is 5.34. The van der Waals surface area contributed by atoms with E-state index in [1.54, 1.807) is 19.2 Å². The first-order valence-electron chi connectivity index (χ1n) is 9.66. The number of nitrogens with one attached hydrogen (secondary N) is 1. The smallest absolute Gasteiger partial charge is 0.340 e. The van der Waals surface area contributed by atoms with Gasteiger partial charge in [0.2, 0.25) is 0 Å². The molecule has 0 fully saturated rings. The van der Waals surface area contributed by atoms with E-state index in [4.69, 9.17) is 4.74 Å². The van der Waals surface area contributed by atoms with Crippen LogP contribution in [0.25, 0.3) is 5.13 Å². The summed E-state index contributed by atoms with van der Waals surface area (Å²) in [5.74, 6) is -0.859. The molecule has 0 bridgehead atoms. The third kappa shape index (κ3) is 3.82. The predicted octanol–water partition coefficient (Wildman–Crippen LogP) is 4.22. The summed E-state index contributed by atoms with van der Waals surface area (Å²) in [7, 11) is 0. The lowest BCUT2D eigenvalue weighted by Crippen LogP contribution is -2.30. The Balaban J connectivity index is 1.44. The van der Waals surface area contributed by atoms with Crippen LogP contribution in [-0.2, 0) is 22.4 Å². The molecule has 1 aliphatic rings. The first kappa shape index (κ1) is 19.4. The van der Waals surface area contributed by atoms with E-state index in [0.29, 0.717) is 5.56 Å². The van der Waals surface area contributed by atoms with E-state index in [9.17, 15) is 9.59 Å². The van der Waals surface area contributed by atoms with Gasteiger partial charge in [-0.3, -0.25) is 9.36 Å². The molecule has 1 atom stereocenters. The molecule has 1 amide bonds. The summed E-state index contributed by atoms with van der Waals surface area (Å²) in [6, 6.07) is 7.74. The van der Waals surface area contributed by atoms with Gasteiger partial charge in [0, 0.05) is 28.7 Å². The van der Waals surface area contributed by atoms with Crippen LogP contribution in [0.4, 0.5) is 5.69 Å². The zero-order chi connectivity index (χ0) is 20.5.